The monoisotopic (exact) mass is 449 g/mol. The Morgan fingerprint density at radius 1 is 0.935 bits per heavy atom. The molecule has 0 aliphatic rings. The third-order valence-corrected chi connectivity index (χ3v) is 5.82. The Hall–Kier alpha value is -3.11. The number of hydrazine groups is 1. The average molecular weight is 450 g/mol. The molecule has 31 heavy (non-hydrogen) atoms. The highest BCUT2D eigenvalue weighted by atomic mass is 32.2. The second-order valence-corrected chi connectivity index (χ2v) is 8.41. The Bertz CT molecular complexity index is 1010. The van der Waals surface area contributed by atoms with E-state index in [0.29, 0.717) is 29.0 Å². The third-order valence-electron chi connectivity index (χ3n) is 4.42. The van der Waals surface area contributed by atoms with Gasteiger partial charge in [0.15, 0.2) is 11.5 Å². The molecule has 0 unspecified atom stereocenters. The zero-order chi connectivity index (χ0) is 22.9. The molecule has 9 nitrogen and oxygen atoms in total. The number of ether oxygens (including phenoxy) is 2. The summed E-state index contributed by atoms with van der Waals surface area (Å²) >= 11 is 0. The molecule has 2 amide bonds. The quantitative estimate of drug-likeness (QED) is 0.478. The molecule has 0 aromatic heterocycles. The van der Waals surface area contributed by atoms with Crippen molar-refractivity contribution >= 4 is 21.8 Å². The van der Waals surface area contributed by atoms with E-state index in [1.165, 1.54) is 32.4 Å². The normalized spacial score (nSPS) is 10.9. The molecule has 10 heteroatoms. The van der Waals surface area contributed by atoms with Crippen LogP contribution in [0, 0.1) is 0 Å². The highest BCUT2D eigenvalue weighted by Crippen LogP contribution is 2.29. The first-order valence-corrected chi connectivity index (χ1v) is 11.2. The van der Waals surface area contributed by atoms with E-state index in [4.69, 9.17) is 9.47 Å². The fraction of sp³-hybridized carbons (Fsp3) is 0.333. The number of amides is 2. The zero-order valence-electron chi connectivity index (χ0n) is 17.7. The van der Waals surface area contributed by atoms with Crippen molar-refractivity contribution < 1.29 is 27.5 Å². The first-order chi connectivity index (χ1) is 14.8. The lowest BCUT2D eigenvalue weighted by atomic mass is 10.1. The summed E-state index contributed by atoms with van der Waals surface area (Å²) < 4.78 is 37.9. The maximum absolute atomic E-state index is 12.6. The van der Waals surface area contributed by atoms with Crippen molar-refractivity contribution in [2.24, 2.45) is 0 Å². The van der Waals surface area contributed by atoms with Crippen LogP contribution in [-0.4, -0.2) is 34.5 Å². The lowest BCUT2D eigenvalue weighted by Crippen LogP contribution is -2.41. The van der Waals surface area contributed by atoms with E-state index in [-0.39, 0.29) is 17.3 Å². The Morgan fingerprint density at radius 3 is 2.23 bits per heavy atom. The van der Waals surface area contributed by atoms with E-state index in [1.54, 1.807) is 24.3 Å². The van der Waals surface area contributed by atoms with Gasteiger partial charge in [-0.2, -0.15) is 0 Å². The maximum atomic E-state index is 12.6. The van der Waals surface area contributed by atoms with Gasteiger partial charge in [0.05, 0.1) is 19.1 Å². The zero-order valence-corrected chi connectivity index (χ0v) is 18.5. The lowest BCUT2D eigenvalue weighted by Gasteiger charge is -2.11. The molecule has 0 radical (unpaired) electrons. The Morgan fingerprint density at radius 2 is 1.61 bits per heavy atom. The molecule has 2 aromatic rings. The van der Waals surface area contributed by atoms with E-state index >= 15 is 0 Å². The summed E-state index contributed by atoms with van der Waals surface area (Å²) in [6, 6.07) is 10.7. The van der Waals surface area contributed by atoms with Gasteiger partial charge in [-0.05, 0) is 36.2 Å². The molecule has 0 aliphatic carbocycles. The molecule has 0 saturated carbocycles. The second kappa shape index (κ2) is 11.3. The van der Waals surface area contributed by atoms with Crippen LogP contribution in [0.25, 0.3) is 0 Å². The van der Waals surface area contributed by atoms with Crippen molar-refractivity contribution in [1.82, 2.24) is 15.6 Å². The highest BCUT2D eigenvalue weighted by molar-refractivity contribution is 7.89. The summed E-state index contributed by atoms with van der Waals surface area (Å²) in [5.41, 5.74) is 5.71. The van der Waals surface area contributed by atoms with Crippen molar-refractivity contribution in [3.8, 4) is 11.5 Å². The second-order valence-electron chi connectivity index (χ2n) is 6.64. The number of hydrogen-bond acceptors (Lipinski definition) is 6. The minimum absolute atomic E-state index is 0.0341. The molecular weight excluding hydrogens is 422 g/mol. The Labute approximate surface area is 182 Å². The van der Waals surface area contributed by atoms with Gasteiger partial charge in [0.25, 0.3) is 5.91 Å². The topological polar surface area (TPSA) is 123 Å². The van der Waals surface area contributed by atoms with Crippen LogP contribution >= 0.6 is 0 Å². The van der Waals surface area contributed by atoms with Crippen LogP contribution in [0.15, 0.2) is 47.4 Å². The van der Waals surface area contributed by atoms with Crippen molar-refractivity contribution in [1.29, 1.82) is 0 Å². The van der Waals surface area contributed by atoms with Gasteiger partial charge in [0.2, 0.25) is 15.9 Å². The SMILES string of the molecule is CCCCC(=O)NNC(=O)c1ccc(CNS(=O)(=O)c2ccc(OC)c(OC)c2)cc1. The van der Waals surface area contributed by atoms with E-state index in [2.05, 4.69) is 15.6 Å². The molecule has 0 spiro atoms. The fourth-order valence-electron chi connectivity index (χ4n) is 2.62. The number of methoxy groups -OCH3 is 2. The molecular formula is C21H27N3O6S. The number of carbonyl (C=O) groups excluding carboxylic acids is 2. The molecule has 0 fully saturated rings. The standard InChI is InChI=1S/C21H27N3O6S/c1-4-5-6-20(25)23-24-21(26)16-9-7-15(8-10-16)14-22-31(27,28)17-11-12-18(29-2)19(13-17)30-3/h7-13,22H,4-6,14H2,1-3H3,(H,23,25)(H,24,26). The fourth-order valence-corrected chi connectivity index (χ4v) is 3.65. The van der Waals surface area contributed by atoms with E-state index in [1.807, 2.05) is 6.92 Å². The minimum atomic E-state index is -3.78. The van der Waals surface area contributed by atoms with Gasteiger partial charge in [-0.25, -0.2) is 13.1 Å². The van der Waals surface area contributed by atoms with Gasteiger partial charge in [0, 0.05) is 24.6 Å². The van der Waals surface area contributed by atoms with Crippen LogP contribution in [0.2, 0.25) is 0 Å². The highest BCUT2D eigenvalue weighted by Gasteiger charge is 2.17. The average Bonchev–Trinajstić information content (AvgIpc) is 2.79. The predicted molar refractivity (Wildman–Crippen MR) is 115 cm³/mol. The Balaban J connectivity index is 1.95. The summed E-state index contributed by atoms with van der Waals surface area (Å²) in [4.78, 5) is 23.7. The number of nitrogens with one attached hydrogen (secondary N) is 3. The molecule has 0 aliphatic heterocycles. The summed E-state index contributed by atoms with van der Waals surface area (Å²) in [5, 5.41) is 0. The van der Waals surface area contributed by atoms with Gasteiger partial charge in [-0.15, -0.1) is 0 Å². The maximum Gasteiger partial charge on any atom is 0.269 e. The van der Waals surface area contributed by atoms with E-state index < -0.39 is 15.9 Å². The lowest BCUT2D eigenvalue weighted by molar-refractivity contribution is -0.121. The third kappa shape index (κ3) is 6.97. The molecule has 0 atom stereocenters. The van der Waals surface area contributed by atoms with Crippen molar-refractivity contribution in [2.75, 3.05) is 14.2 Å². The molecule has 2 aromatic carbocycles. The van der Waals surface area contributed by atoms with Crippen LogP contribution in [0.3, 0.4) is 0 Å². The number of sulfonamides is 1. The summed E-state index contributed by atoms with van der Waals surface area (Å²) in [6.07, 6.45) is 1.98. The van der Waals surface area contributed by atoms with Crippen LogP contribution in [0.1, 0.15) is 42.1 Å². The van der Waals surface area contributed by atoms with Crippen LogP contribution in [0.5, 0.6) is 11.5 Å². The first-order valence-electron chi connectivity index (χ1n) is 9.70. The number of hydrogen-bond donors (Lipinski definition) is 3. The van der Waals surface area contributed by atoms with Crippen molar-refractivity contribution in [2.45, 2.75) is 37.6 Å². The van der Waals surface area contributed by atoms with Crippen LogP contribution < -0.4 is 25.0 Å². The first kappa shape index (κ1) is 24.2. The molecule has 0 saturated heterocycles. The molecule has 168 valence electrons. The summed E-state index contributed by atoms with van der Waals surface area (Å²) in [6.45, 7) is 2.01. The smallest absolute Gasteiger partial charge is 0.269 e. The summed E-state index contributed by atoms with van der Waals surface area (Å²) in [5.74, 6) is 0.0260. The van der Waals surface area contributed by atoms with Crippen molar-refractivity contribution in [3.63, 3.8) is 0 Å². The van der Waals surface area contributed by atoms with Crippen LogP contribution in [-0.2, 0) is 21.4 Å². The molecule has 3 N–H and O–H groups in total. The summed E-state index contributed by atoms with van der Waals surface area (Å²) in [7, 11) is -0.887. The Kier molecular flexibility index (Phi) is 8.83. The number of carbonyl (C=O) groups is 2. The molecule has 0 bridgehead atoms. The van der Waals surface area contributed by atoms with Gasteiger partial charge >= 0.3 is 0 Å². The molecule has 0 heterocycles. The largest absolute Gasteiger partial charge is 0.493 e. The number of rotatable bonds is 10. The van der Waals surface area contributed by atoms with E-state index in [0.717, 1.165) is 12.8 Å². The van der Waals surface area contributed by atoms with Gasteiger partial charge in [-0.1, -0.05) is 25.5 Å². The minimum Gasteiger partial charge on any atom is -0.493 e. The van der Waals surface area contributed by atoms with Gasteiger partial charge < -0.3 is 9.47 Å². The van der Waals surface area contributed by atoms with Gasteiger partial charge in [-0.3, -0.25) is 20.4 Å². The van der Waals surface area contributed by atoms with Crippen molar-refractivity contribution in [3.05, 3.63) is 53.6 Å². The van der Waals surface area contributed by atoms with Crippen LogP contribution in [0.4, 0.5) is 0 Å². The predicted octanol–water partition coefficient (Wildman–Crippen LogP) is 2.13. The van der Waals surface area contributed by atoms with E-state index in [9.17, 15) is 18.0 Å². The number of benzene rings is 2. The number of unbranched alkanes of at least 4 members (excludes halogenated alkanes) is 1. The molecule has 2 rings (SSSR count). The van der Waals surface area contributed by atoms with Gasteiger partial charge in [0.1, 0.15) is 0 Å².